The Morgan fingerprint density at radius 3 is 2.85 bits per heavy atom. The number of methoxy groups -OCH3 is 1. The molecule has 134 valence electrons. The molecule has 0 spiro atoms. The summed E-state index contributed by atoms with van der Waals surface area (Å²) in [6.07, 6.45) is 2.50. The molecule has 26 heavy (non-hydrogen) atoms. The van der Waals surface area contributed by atoms with Crippen molar-refractivity contribution >= 4 is 17.2 Å². The predicted octanol–water partition coefficient (Wildman–Crippen LogP) is 2.53. The fraction of sp³-hybridized carbons (Fsp3) is 0.222. The van der Waals surface area contributed by atoms with Crippen molar-refractivity contribution < 1.29 is 14.5 Å². The Hall–Kier alpha value is -3.42. The van der Waals surface area contributed by atoms with Gasteiger partial charge < -0.3 is 14.5 Å². The van der Waals surface area contributed by atoms with Crippen molar-refractivity contribution in [2.24, 2.45) is 0 Å². The number of hydrogen-bond donors (Lipinski definition) is 1. The third-order valence-corrected chi connectivity index (χ3v) is 4.05. The first kappa shape index (κ1) is 17.4. The van der Waals surface area contributed by atoms with E-state index < -0.39 is 4.92 Å². The van der Waals surface area contributed by atoms with E-state index in [9.17, 15) is 14.9 Å². The van der Waals surface area contributed by atoms with Crippen molar-refractivity contribution in [2.75, 3.05) is 13.7 Å². The minimum absolute atomic E-state index is 0.117. The number of nitrogens with one attached hydrogen (secondary N) is 1. The van der Waals surface area contributed by atoms with Crippen LogP contribution < -0.4 is 10.1 Å². The van der Waals surface area contributed by atoms with Crippen LogP contribution in [0.4, 0.5) is 5.69 Å². The van der Waals surface area contributed by atoms with Gasteiger partial charge in [-0.3, -0.25) is 14.9 Å². The quantitative estimate of drug-likeness (QED) is 0.542. The van der Waals surface area contributed by atoms with E-state index in [4.69, 9.17) is 4.74 Å². The number of aryl methyl sites for hydroxylation is 1. The minimum Gasteiger partial charge on any atom is -0.490 e. The molecule has 3 aromatic rings. The van der Waals surface area contributed by atoms with Gasteiger partial charge in [0.25, 0.3) is 5.91 Å². The number of rotatable bonds is 6. The molecule has 2 heterocycles. The van der Waals surface area contributed by atoms with E-state index in [1.807, 2.05) is 35.7 Å². The van der Waals surface area contributed by atoms with Gasteiger partial charge in [-0.15, -0.1) is 0 Å². The lowest BCUT2D eigenvalue weighted by Gasteiger charge is -2.06. The summed E-state index contributed by atoms with van der Waals surface area (Å²) in [6.45, 7) is 2.37. The van der Waals surface area contributed by atoms with Crippen molar-refractivity contribution in [3.63, 3.8) is 0 Å². The second-order valence-corrected chi connectivity index (χ2v) is 5.78. The lowest BCUT2D eigenvalue weighted by molar-refractivity contribution is -0.385. The van der Waals surface area contributed by atoms with Crippen molar-refractivity contribution in [1.82, 2.24) is 14.7 Å². The van der Waals surface area contributed by atoms with Crippen molar-refractivity contribution in [3.05, 3.63) is 69.7 Å². The fourth-order valence-electron chi connectivity index (χ4n) is 2.70. The first-order chi connectivity index (χ1) is 12.5. The molecular formula is C18H18N4O4. The van der Waals surface area contributed by atoms with E-state index in [0.29, 0.717) is 13.0 Å². The highest BCUT2D eigenvalue weighted by atomic mass is 16.6. The van der Waals surface area contributed by atoms with Crippen LogP contribution in [0, 0.1) is 17.0 Å². The van der Waals surface area contributed by atoms with Gasteiger partial charge in [0.05, 0.1) is 17.7 Å². The number of pyridine rings is 1. The van der Waals surface area contributed by atoms with Crippen LogP contribution in [0.1, 0.15) is 21.7 Å². The summed E-state index contributed by atoms with van der Waals surface area (Å²) >= 11 is 0. The van der Waals surface area contributed by atoms with Crippen LogP contribution in [0.5, 0.6) is 5.75 Å². The van der Waals surface area contributed by atoms with Gasteiger partial charge in [0, 0.05) is 36.5 Å². The number of fused-ring (bicyclic) bond motifs is 1. The third kappa shape index (κ3) is 3.49. The molecule has 0 aliphatic rings. The van der Waals surface area contributed by atoms with E-state index in [1.165, 1.54) is 25.3 Å². The lowest BCUT2D eigenvalue weighted by Crippen LogP contribution is -2.25. The number of carbonyl (C=O) groups is 1. The van der Waals surface area contributed by atoms with Gasteiger partial charge in [0.1, 0.15) is 5.65 Å². The molecule has 0 saturated heterocycles. The second kappa shape index (κ2) is 7.22. The molecule has 0 fully saturated rings. The Kier molecular flexibility index (Phi) is 4.83. The van der Waals surface area contributed by atoms with E-state index in [2.05, 4.69) is 10.3 Å². The number of hydrogen-bond acceptors (Lipinski definition) is 5. The Morgan fingerprint density at radius 1 is 1.35 bits per heavy atom. The number of ether oxygens (including phenoxy) is 1. The molecule has 8 nitrogen and oxygen atoms in total. The number of nitro benzene ring substituents is 1. The van der Waals surface area contributed by atoms with E-state index in [1.54, 1.807) is 0 Å². The summed E-state index contributed by atoms with van der Waals surface area (Å²) < 4.78 is 6.92. The molecular weight excluding hydrogens is 336 g/mol. The first-order valence-corrected chi connectivity index (χ1v) is 8.04. The Bertz CT molecular complexity index is 980. The van der Waals surface area contributed by atoms with Crippen molar-refractivity contribution in [3.8, 4) is 5.75 Å². The summed E-state index contributed by atoms with van der Waals surface area (Å²) in [4.78, 5) is 27.2. The van der Waals surface area contributed by atoms with Crippen LogP contribution in [-0.4, -0.2) is 33.9 Å². The number of amides is 1. The Balaban J connectivity index is 1.66. The van der Waals surface area contributed by atoms with E-state index in [-0.39, 0.29) is 22.9 Å². The maximum absolute atomic E-state index is 12.2. The molecule has 2 aromatic heterocycles. The van der Waals surface area contributed by atoms with Gasteiger partial charge in [0.2, 0.25) is 0 Å². The van der Waals surface area contributed by atoms with Gasteiger partial charge >= 0.3 is 5.69 Å². The monoisotopic (exact) mass is 354 g/mol. The molecule has 1 amide bonds. The number of aromatic nitrogens is 2. The van der Waals surface area contributed by atoms with Crippen LogP contribution in [0.15, 0.2) is 42.6 Å². The normalized spacial score (nSPS) is 10.7. The molecule has 0 bridgehead atoms. The standard InChI is InChI=1S/C18H18N4O4/c1-12-4-3-5-17-20-14(11-21(12)17)8-9-19-18(23)13-6-7-16(26-2)15(10-13)22(24)25/h3-7,10-11H,8-9H2,1-2H3,(H,19,23). The maximum atomic E-state index is 12.2. The van der Waals surface area contributed by atoms with Crippen LogP contribution in [0.25, 0.3) is 5.65 Å². The van der Waals surface area contributed by atoms with E-state index >= 15 is 0 Å². The van der Waals surface area contributed by atoms with Gasteiger partial charge in [-0.25, -0.2) is 4.98 Å². The highest BCUT2D eigenvalue weighted by Crippen LogP contribution is 2.27. The summed E-state index contributed by atoms with van der Waals surface area (Å²) in [6, 6.07) is 9.98. The van der Waals surface area contributed by atoms with Gasteiger partial charge in [-0.05, 0) is 31.2 Å². The fourth-order valence-corrected chi connectivity index (χ4v) is 2.70. The molecule has 0 aliphatic heterocycles. The summed E-state index contributed by atoms with van der Waals surface area (Å²) in [5.41, 5.74) is 2.77. The third-order valence-electron chi connectivity index (χ3n) is 4.05. The second-order valence-electron chi connectivity index (χ2n) is 5.78. The van der Waals surface area contributed by atoms with Crippen molar-refractivity contribution in [1.29, 1.82) is 0 Å². The van der Waals surface area contributed by atoms with Crippen molar-refractivity contribution in [2.45, 2.75) is 13.3 Å². The molecule has 0 aliphatic carbocycles. The Labute approximate surface area is 149 Å². The average molecular weight is 354 g/mol. The zero-order valence-electron chi connectivity index (χ0n) is 14.4. The van der Waals surface area contributed by atoms with E-state index in [0.717, 1.165) is 17.0 Å². The number of imidazole rings is 1. The van der Waals surface area contributed by atoms with Crippen LogP contribution in [0.3, 0.4) is 0 Å². The summed E-state index contributed by atoms with van der Waals surface area (Å²) in [7, 11) is 1.35. The highest BCUT2D eigenvalue weighted by Gasteiger charge is 2.18. The molecule has 0 unspecified atom stereocenters. The molecule has 1 aromatic carbocycles. The first-order valence-electron chi connectivity index (χ1n) is 8.04. The maximum Gasteiger partial charge on any atom is 0.311 e. The lowest BCUT2D eigenvalue weighted by atomic mass is 10.1. The van der Waals surface area contributed by atoms with Crippen LogP contribution >= 0.6 is 0 Å². The molecule has 0 atom stereocenters. The zero-order valence-corrected chi connectivity index (χ0v) is 14.4. The predicted molar refractivity (Wildman–Crippen MR) is 95.6 cm³/mol. The van der Waals surface area contributed by atoms with Crippen LogP contribution in [0.2, 0.25) is 0 Å². The number of carbonyl (C=O) groups excluding carboxylic acids is 1. The minimum atomic E-state index is -0.575. The Morgan fingerprint density at radius 2 is 2.15 bits per heavy atom. The molecule has 0 radical (unpaired) electrons. The average Bonchev–Trinajstić information content (AvgIpc) is 3.05. The molecule has 3 rings (SSSR count). The SMILES string of the molecule is COc1ccc(C(=O)NCCc2cn3c(C)cccc3n2)cc1[N+](=O)[O-]. The smallest absolute Gasteiger partial charge is 0.311 e. The zero-order chi connectivity index (χ0) is 18.7. The van der Waals surface area contributed by atoms with Gasteiger partial charge in [0.15, 0.2) is 5.75 Å². The molecule has 0 saturated carbocycles. The topological polar surface area (TPSA) is 98.8 Å². The largest absolute Gasteiger partial charge is 0.490 e. The van der Waals surface area contributed by atoms with Gasteiger partial charge in [-0.1, -0.05) is 6.07 Å². The summed E-state index contributed by atoms with van der Waals surface area (Å²) in [5, 5.41) is 13.8. The number of nitrogens with zero attached hydrogens (tertiary/aromatic N) is 3. The number of nitro groups is 1. The summed E-state index contributed by atoms with van der Waals surface area (Å²) in [5.74, 6) is -0.262. The molecule has 1 N–H and O–H groups in total. The van der Waals surface area contributed by atoms with Gasteiger partial charge in [-0.2, -0.15) is 0 Å². The molecule has 8 heteroatoms. The number of benzene rings is 1. The van der Waals surface area contributed by atoms with Crippen LogP contribution in [-0.2, 0) is 6.42 Å². The highest BCUT2D eigenvalue weighted by molar-refractivity contribution is 5.95.